The first-order chi connectivity index (χ1) is 12.0. The largest absolute Gasteiger partial charge is 0.351 e. The third-order valence-corrected chi connectivity index (χ3v) is 4.97. The molecule has 0 aliphatic carbocycles. The summed E-state index contributed by atoms with van der Waals surface area (Å²) in [6.07, 6.45) is 4.26. The number of nitrogens with one attached hydrogen (secondary N) is 1. The fourth-order valence-corrected chi connectivity index (χ4v) is 3.49. The molecule has 3 aromatic heterocycles. The molecule has 0 aromatic carbocycles. The van der Waals surface area contributed by atoms with Crippen molar-refractivity contribution in [2.24, 2.45) is 0 Å². The molecule has 0 unspecified atom stereocenters. The van der Waals surface area contributed by atoms with Crippen molar-refractivity contribution in [3.05, 3.63) is 44.8 Å². The van der Waals surface area contributed by atoms with Gasteiger partial charge in [0, 0.05) is 28.9 Å². The van der Waals surface area contributed by atoms with Crippen LogP contribution < -0.4 is 5.32 Å². The van der Waals surface area contributed by atoms with E-state index in [4.69, 9.17) is 5.26 Å². The molecule has 0 bridgehead atoms. The Morgan fingerprint density at radius 2 is 2.16 bits per heavy atom. The van der Waals surface area contributed by atoms with Crippen LogP contribution in [-0.4, -0.2) is 25.5 Å². The number of aromatic nitrogens is 4. The van der Waals surface area contributed by atoms with Crippen LogP contribution in [0.2, 0.25) is 0 Å². The molecule has 25 heavy (non-hydrogen) atoms. The van der Waals surface area contributed by atoms with Crippen molar-refractivity contribution >= 4 is 22.9 Å². The quantitative estimate of drug-likeness (QED) is 0.758. The maximum absolute atomic E-state index is 12.1. The van der Waals surface area contributed by atoms with Gasteiger partial charge < -0.3 is 5.32 Å². The maximum Gasteiger partial charge on any atom is 0.220 e. The van der Waals surface area contributed by atoms with Crippen LogP contribution in [0.1, 0.15) is 38.8 Å². The van der Waals surface area contributed by atoms with E-state index < -0.39 is 0 Å². The lowest BCUT2D eigenvalue weighted by Crippen LogP contribution is -2.23. The highest BCUT2D eigenvalue weighted by Gasteiger charge is 2.14. The number of hydrogen-bond acceptors (Lipinski definition) is 6. The Kier molecular flexibility index (Phi) is 4.76. The van der Waals surface area contributed by atoms with E-state index in [9.17, 15) is 4.79 Å². The Hall–Kier alpha value is -2.79. The van der Waals surface area contributed by atoms with E-state index in [1.165, 1.54) is 6.20 Å². The van der Waals surface area contributed by atoms with Crippen LogP contribution in [0.3, 0.4) is 0 Å². The Morgan fingerprint density at radius 3 is 2.84 bits per heavy atom. The first-order valence-corrected chi connectivity index (χ1v) is 8.73. The molecule has 7 nitrogen and oxygen atoms in total. The van der Waals surface area contributed by atoms with Gasteiger partial charge in [0.15, 0.2) is 5.65 Å². The van der Waals surface area contributed by atoms with Gasteiger partial charge in [-0.25, -0.2) is 14.5 Å². The minimum Gasteiger partial charge on any atom is -0.351 e. The Labute approximate surface area is 149 Å². The SMILES string of the molecule is Cc1ncc(CNC(=O)CCc2c(C)nc3c(C#N)cnn3c2C)s1. The van der Waals surface area contributed by atoms with Gasteiger partial charge in [-0.15, -0.1) is 11.3 Å². The molecular formula is C17H18N6OS. The summed E-state index contributed by atoms with van der Waals surface area (Å²) in [5, 5.41) is 17.2. The maximum atomic E-state index is 12.1. The van der Waals surface area contributed by atoms with Crippen LogP contribution >= 0.6 is 11.3 Å². The lowest BCUT2D eigenvalue weighted by molar-refractivity contribution is -0.121. The second kappa shape index (κ2) is 6.99. The van der Waals surface area contributed by atoms with Gasteiger partial charge in [-0.3, -0.25) is 4.79 Å². The number of nitrogens with zero attached hydrogens (tertiary/aromatic N) is 5. The van der Waals surface area contributed by atoms with E-state index >= 15 is 0 Å². The molecule has 0 aliphatic rings. The van der Waals surface area contributed by atoms with Gasteiger partial charge in [0.1, 0.15) is 11.6 Å². The molecule has 0 atom stereocenters. The molecule has 0 saturated carbocycles. The number of aryl methyl sites for hydroxylation is 3. The molecule has 0 aliphatic heterocycles. The van der Waals surface area contributed by atoms with Gasteiger partial charge in [0.25, 0.3) is 0 Å². The average Bonchev–Trinajstić information content (AvgIpc) is 3.18. The first kappa shape index (κ1) is 17.0. The second-order valence-corrected chi connectivity index (χ2v) is 7.11. The van der Waals surface area contributed by atoms with Crippen LogP contribution in [0.15, 0.2) is 12.4 Å². The molecule has 3 aromatic rings. The zero-order valence-electron chi connectivity index (χ0n) is 14.3. The van der Waals surface area contributed by atoms with Crippen molar-refractivity contribution in [3.8, 4) is 6.07 Å². The molecule has 0 radical (unpaired) electrons. The zero-order valence-corrected chi connectivity index (χ0v) is 15.1. The van der Waals surface area contributed by atoms with E-state index in [1.54, 1.807) is 22.0 Å². The van der Waals surface area contributed by atoms with Gasteiger partial charge in [0.2, 0.25) is 5.91 Å². The topological polar surface area (TPSA) is 96.0 Å². The zero-order chi connectivity index (χ0) is 18.0. The third-order valence-electron chi connectivity index (χ3n) is 4.06. The van der Waals surface area contributed by atoms with Crippen molar-refractivity contribution in [2.75, 3.05) is 0 Å². The van der Waals surface area contributed by atoms with E-state index in [-0.39, 0.29) is 5.91 Å². The summed E-state index contributed by atoms with van der Waals surface area (Å²) in [6.45, 7) is 6.28. The molecule has 1 N–H and O–H groups in total. The van der Waals surface area contributed by atoms with Crippen LogP contribution in [0, 0.1) is 32.1 Å². The number of hydrogen-bond donors (Lipinski definition) is 1. The lowest BCUT2D eigenvalue weighted by Gasteiger charge is -2.11. The fraction of sp³-hybridized carbons (Fsp3) is 0.353. The van der Waals surface area contributed by atoms with Gasteiger partial charge in [-0.1, -0.05) is 0 Å². The van der Waals surface area contributed by atoms with Crippen LogP contribution in [0.25, 0.3) is 5.65 Å². The highest BCUT2D eigenvalue weighted by molar-refractivity contribution is 7.11. The molecule has 1 amide bonds. The Balaban J connectivity index is 1.68. The molecule has 3 rings (SSSR count). The Bertz CT molecular complexity index is 981. The number of fused-ring (bicyclic) bond motifs is 1. The van der Waals surface area contributed by atoms with E-state index in [0.29, 0.717) is 30.6 Å². The van der Waals surface area contributed by atoms with Crippen molar-refractivity contribution in [2.45, 2.75) is 40.2 Å². The number of amides is 1. The predicted molar refractivity (Wildman–Crippen MR) is 94.2 cm³/mol. The summed E-state index contributed by atoms with van der Waals surface area (Å²) in [7, 11) is 0. The van der Waals surface area contributed by atoms with Gasteiger partial charge in [-0.05, 0) is 32.8 Å². The highest BCUT2D eigenvalue weighted by Crippen LogP contribution is 2.18. The molecule has 3 heterocycles. The number of rotatable bonds is 5. The molecule has 0 saturated heterocycles. The van der Waals surface area contributed by atoms with Gasteiger partial charge in [-0.2, -0.15) is 10.4 Å². The summed E-state index contributed by atoms with van der Waals surface area (Å²) in [5.41, 5.74) is 3.74. The summed E-state index contributed by atoms with van der Waals surface area (Å²) < 4.78 is 1.67. The summed E-state index contributed by atoms with van der Waals surface area (Å²) >= 11 is 1.58. The van der Waals surface area contributed by atoms with E-state index in [0.717, 1.165) is 26.8 Å². The molecule has 0 spiro atoms. The number of thiazole rings is 1. The number of nitriles is 1. The lowest BCUT2D eigenvalue weighted by atomic mass is 10.1. The van der Waals surface area contributed by atoms with E-state index in [1.807, 2.05) is 20.8 Å². The highest BCUT2D eigenvalue weighted by atomic mass is 32.1. The average molecular weight is 354 g/mol. The van der Waals surface area contributed by atoms with Crippen molar-refractivity contribution in [1.29, 1.82) is 5.26 Å². The molecule has 128 valence electrons. The monoisotopic (exact) mass is 354 g/mol. The Morgan fingerprint density at radius 1 is 1.36 bits per heavy atom. The minimum atomic E-state index is -0.0110. The molecular weight excluding hydrogens is 336 g/mol. The molecule has 8 heteroatoms. The standard InChI is InChI=1S/C17H18N6OS/c1-10-15(11(2)23-17(22-10)13(6-18)7-21-23)4-5-16(24)20-9-14-8-19-12(3)25-14/h7-8H,4-5,9H2,1-3H3,(H,20,24). The molecule has 0 fully saturated rings. The normalized spacial score (nSPS) is 10.8. The minimum absolute atomic E-state index is 0.0110. The van der Waals surface area contributed by atoms with Crippen LogP contribution in [-0.2, 0) is 17.8 Å². The van der Waals surface area contributed by atoms with Gasteiger partial charge in [0.05, 0.1) is 17.7 Å². The van der Waals surface area contributed by atoms with Crippen molar-refractivity contribution in [3.63, 3.8) is 0 Å². The van der Waals surface area contributed by atoms with Crippen molar-refractivity contribution in [1.82, 2.24) is 24.9 Å². The smallest absolute Gasteiger partial charge is 0.220 e. The summed E-state index contributed by atoms with van der Waals surface area (Å²) in [5.74, 6) is -0.0110. The summed E-state index contributed by atoms with van der Waals surface area (Å²) in [4.78, 5) is 21.8. The second-order valence-electron chi connectivity index (χ2n) is 5.79. The fourth-order valence-electron chi connectivity index (χ4n) is 2.75. The van der Waals surface area contributed by atoms with Crippen LogP contribution in [0.4, 0.5) is 0 Å². The first-order valence-electron chi connectivity index (χ1n) is 7.91. The van der Waals surface area contributed by atoms with Crippen molar-refractivity contribution < 1.29 is 4.79 Å². The number of carbonyl (C=O) groups is 1. The van der Waals surface area contributed by atoms with Crippen LogP contribution in [0.5, 0.6) is 0 Å². The number of carbonyl (C=O) groups excluding carboxylic acids is 1. The summed E-state index contributed by atoms with van der Waals surface area (Å²) in [6, 6.07) is 2.09. The van der Waals surface area contributed by atoms with E-state index in [2.05, 4.69) is 26.5 Å². The third kappa shape index (κ3) is 3.51. The van der Waals surface area contributed by atoms with Gasteiger partial charge >= 0.3 is 0 Å². The predicted octanol–water partition coefficient (Wildman–Crippen LogP) is 2.23.